The number of halogens is 1. The number of hydrogen-bond acceptors (Lipinski definition) is 6. The summed E-state index contributed by atoms with van der Waals surface area (Å²) in [4.78, 5) is 33.3. The first-order valence-electron chi connectivity index (χ1n) is 10.2. The summed E-state index contributed by atoms with van der Waals surface area (Å²) in [5, 5.41) is 0.715. The molecule has 2 N–H and O–H groups in total. The second kappa shape index (κ2) is 10.5. The van der Waals surface area contributed by atoms with Gasteiger partial charge in [-0.1, -0.05) is 36.4 Å². The standard InChI is InChI=1S/C25H19FN4O3S/c1-16-23(34-25(28-16)18-6-3-2-4-7-18)24(32)30-29-22(31)12-10-17-9-11-21(20(26)14-17)33-19-8-5-13-27-15-19/h2-15H,1H3,(H,29,31)(H,30,32)/b12-10+. The van der Waals surface area contributed by atoms with Gasteiger partial charge in [0.1, 0.15) is 15.6 Å². The van der Waals surface area contributed by atoms with Gasteiger partial charge in [-0.05, 0) is 42.8 Å². The Bertz CT molecular complexity index is 1340. The van der Waals surface area contributed by atoms with E-state index in [0.717, 1.165) is 5.56 Å². The SMILES string of the molecule is Cc1nc(-c2ccccc2)sc1C(=O)NNC(=O)/C=C/c1ccc(Oc2cccnc2)c(F)c1. The van der Waals surface area contributed by atoms with E-state index >= 15 is 0 Å². The van der Waals surface area contributed by atoms with Gasteiger partial charge in [0.15, 0.2) is 11.6 Å². The van der Waals surface area contributed by atoms with E-state index in [0.29, 0.717) is 26.9 Å². The van der Waals surface area contributed by atoms with Crippen LogP contribution in [0, 0.1) is 12.7 Å². The van der Waals surface area contributed by atoms with Crippen molar-refractivity contribution in [3.63, 3.8) is 0 Å². The summed E-state index contributed by atoms with van der Waals surface area (Å²) in [5.41, 5.74) is 6.60. The number of rotatable bonds is 6. The fraction of sp³-hybridized carbons (Fsp3) is 0.0400. The Morgan fingerprint density at radius 2 is 1.88 bits per heavy atom. The van der Waals surface area contributed by atoms with Gasteiger partial charge in [0.25, 0.3) is 11.8 Å². The molecule has 0 saturated heterocycles. The number of aromatic nitrogens is 2. The summed E-state index contributed by atoms with van der Waals surface area (Å²) in [5.74, 6) is -1.19. The number of thiazole rings is 1. The minimum Gasteiger partial charge on any atom is -0.453 e. The van der Waals surface area contributed by atoms with Gasteiger partial charge in [-0.25, -0.2) is 9.37 Å². The molecule has 0 bridgehead atoms. The normalized spacial score (nSPS) is 10.8. The topological polar surface area (TPSA) is 93.2 Å². The maximum Gasteiger partial charge on any atom is 0.281 e. The molecule has 0 unspecified atom stereocenters. The van der Waals surface area contributed by atoms with Crippen molar-refractivity contribution in [1.82, 2.24) is 20.8 Å². The molecule has 4 aromatic rings. The lowest BCUT2D eigenvalue weighted by Crippen LogP contribution is -2.40. The molecule has 0 spiro atoms. The lowest BCUT2D eigenvalue weighted by Gasteiger charge is -2.07. The van der Waals surface area contributed by atoms with Crippen LogP contribution in [0.4, 0.5) is 4.39 Å². The number of benzene rings is 2. The molecule has 4 rings (SSSR count). The van der Waals surface area contributed by atoms with E-state index in [1.807, 2.05) is 30.3 Å². The van der Waals surface area contributed by atoms with Gasteiger partial charge >= 0.3 is 0 Å². The van der Waals surface area contributed by atoms with Crippen LogP contribution >= 0.6 is 11.3 Å². The molecule has 0 saturated carbocycles. The van der Waals surface area contributed by atoms with E-state index in [9.17, 15) is 14.0 Å². The fourth-order valence-electron chi connectivity index (χ4n) is 2.94. The van der Waals surface area contributed by atoms with Gasteiger partial charge in [-0.15, -0.1) is 11.3 Å². The number of ether oxygens (including phenoxy) is 1. The molecule has 0 fully saturated rings. The van der Waals surface area contributed by atoms with E-state index in [2.05, 4.69) is 20.8 Å². The Labute approximate surface area is 198 Å². The first-order valence-corrected chi connectivity index (χ1v) is 11.0. The van der Waals surface area contributed by atoms with Crippen LogP contribution in [0.3, 0.4) is 0 Å². The monoisotopic (exact) mass is 474 g/mol. The van der Waals surface area contributed by atoms with Crippen LogP contribution in [0.25, 0.3) is 16.6 Å². The van der Waals surface area contributed by atoms with E-state index in [4.69, 9.17) is 4.74 Å². The van der Waals surface area contributed by atoms with E-state index < -0.39 is 17.6 Å². The molecule has 170 valence electrons. The molecular weight excluding hydrogens is 455 g/mol. The minimum atomic E-state index is -0.588. The second-order valence-corrected chi connectivity index (χ2v) is 8.06. The van der Waals surface area contributed by atoms with Crippen LogP contribution in [-0.4, -0.2) is 21.8 Å². The third-order valence-electron chi connectivity index (χ3n) is 4.57. The van der Waals surface area contributed by atoms with E-state index in [-0.39, 0.29) is 5.75 Å². The van der Waals surface area contributed by atoms with Crippen molar-refractivity contribution in [2.24, 2.45) is 0 Å². The van der Waals surface area contributed by atoms with Crippen molar-refractivity contribution >= 4 is 29.2 Å². The predicted octanol–water partition coefficient (Wildman–Crippen LogP) is 4.92. The molecule has 0 aliphatic heterocycles. The number of aryl methyl sites for hydroxylation is 1. The quantitative estimate of drug-likeness (QED) is 0.306. The minimum absolute atomic E-state index is 0.0386. The highest BCUT2D eigenvalue weighted by atomic mass is 32.1. The van der Waals surface area contributed by atoms with Crippen molar-refractivity contribution in [2.45, 2.75) is 6.92 Å². The maximum absolute atomic E-state index is 14.3. The molecule has 2 amide bonds. The zero-order valence-corrected chi connectivity index (χ0v) is 18.8. The summed E-state index contributed by atoms with van der Waals surface area (Å²) in [6, 6.07) is 17.1. The number of carbonyl (C=O) groups excluding carboxylic acids is 2. The Kier molecular flexibility index (Phi) is 7.04. The largest absolute Gasteiger partial charge is 0.453 e. The third kappa shape index (κ3) is 5.70. The summed E-state index contributed by atoms with van der Waals surface area (Å²) >= 11 is 1.24. The van der Waals surface area contributed by atoms with Crippen molar-refractivity contribution in [1.29, 1.82) is 0 Å². The number of nitrogens with zero attached hydrogens (tertiary/aromatic N) is 2. The molecule has 7 nitrogen and oxygen atoms in total. The highest BCUT2D eigenvalue weighted by Gasteiger charge is 2.16. The zero-order chi connectivity index (χ0) is 23.9. The van der Waals surface area contributed by atoms with Gasteiger partial charge in [-0.2, -0.15) is 0 Å². The zero-order valence-electron chi connectivity index (χ0n) is 18.0. The van der Waals surface area contributed by atoms with Gasteiger partial charge in [0, 0.05) is 17.8 Å². The predicted molar refractivity (Wildman–Crippen MR) is 128 cm³/mol. The Morgan fingerprint density at radius 1 is 1.06 bits per heavy atom. The van der Waals surface area contributed by atoms with Gasteiger partial charge < -0.3 is 4.74 Å². The van der Waals surface area contributed by atoms with Crippen molar-refractivity contribution in [3.05, 3.63) is 101 Å². The maximum atomic E-state index is 14.3. The summed E-state index contributed by atoms with van der Waals surface area (Å²) in [6.45, 7) is 1.73. The number of carbonyl (C=O) groups is 2. The Balaban J connectivity index is 1.33. The molecular formula is C25H19FN4O3S. The highest BCUT2D eigenvalue weighted by Crippen LogP contribution is 2.27. The van der Waals surface area contributed by atoms with E-state index in [1.54, 1.807) is 31.3 Å². The van der Waals surface area contributed by atoms with Crippen LogP contribution in [0.5, 0.6) is 11.5 Å². The number of nitrogens with one attached hydrogen (secondary N) is 2. The fourth-order valence-corrected chi connectivity index (χ4v) is 3.90. The molecule has 9 heteroatoms. The van der Waals surface area contributed by atoms with Crippen molar-refractivity contribution < 1.29 is 18.7 Å². The number of hydrazine groups is 1. The summed E-state index contributed by atoms with van der Waals surface area (Å²) < 4.78 is 19.8. The smallest absolute Gasteiger partial charge is 0.281 e. The molecule has 2 aromatic heterocycles. The number of amides is 2. The number of hydrogen-bond donors (Lipinski definition) is 2. The lowest BCUT2D eigenvalue weighted by molar-refractivity contribution is -0.117. The molecule has 0 atom stereocenters. The third-order valence-corrected chi connectivity index (χ3v) is 5.77. The Morgan fingerprint density at radius 3 is 2.62 bits per heavy atom. The van der Waals surface area contributed by atoms with E-state index in [1.165, 1.54) is 41.8 Å². The lowest BCUT2D eigenvalue weighted by atomic mass is 10.2. The Hall–Kier alpha value is -4.37. The van der Waals surface area contributed by atoms with Crippen LogP contribution in [-0.2, 0) is 4.79 Å². The second-order valence-electron chi connectivity index (χ2n) is 7.06. The average molecular weight is 475 g/mol. The van der Waals surface area contributed by atoms with Gasteiger partial charge in [0.05, 0.1) is 11.9 Å². The average Bonchev–Trinajstić information content (AvgIpc) is 3.25. The first-order chi connectivity index (χ1) is 16.5. The molecule has 2 heterocycles. The van der Waals surface area contributed by atoms with Crippen LogP contribution in [0.1, 0.15) is 20.9 Å². The summed E-state index contributed by atoms with van der Waals surface area (Å²) in [7, 11) is 0. The molecule has 0 radical (unpaired) electrons. The molecule has 0 aliphatic rings. The molecule has 34 heavy (non-hydrogen) atoms. The summed E-state index contributed by atoms with van der Waals surface area (Å²) in [6.07, 6.45) is 5.67. The van der Waals surface area contributed by atoms with Crippen LogP contribution < -0.4 is 15.6 Å². The molecule has 0 aliphatic carbocycles. The van der Waals surface area contributed by atoms with Crippen molar-refractivity contribution in [3.8, 4) is 22.1 Å². The van der Waals surface area contributed by atoms with Crippen LogP contribution in [0.2, 0.25) is 0 Å². The van der Waals surface area contributed by atoms with Gasteiger partial charge in [-0.3, -0.25) is 25.4 Å². The first kappa shape index (κ1) is 22.8. The molecule has 2 aromatic carbocycles. The van der Waals surface area contributed by atoms with Crippen LogP contribution in [0.15, 0.2) is 79.1 Å². The highest BCUT2D eigenvalue weighted by molar-refractivity contribution is 7.17. The van der Waals surface area contributed by atoms with Crippen molar-refractivity contribution in [2.75, 3.05) is 0 Å². The van der Waals surface area contributed by atoms with Gasteiger partial charge in [0.2, 0.25) is 0 Å². The number of pyridine rings is 1.